The number of hydrogen-bond acceptors (Lipinski definition) is 4. The van der Waals surface area contributed by atoms with Crippen molar-refractivity contribution in [3.63, 3.8) is 0 Å². The van der Waals surface area contributed by atoms with Crippen molar-refractivity contribution in [2.45, 2.75) is 82.8 Å². The third kappa shape index (κ3) is 5.02. The highest BCUT2D eigenvalue weighted by molar-refractivity contribution is 6.99. The molecular formula is C28H42O4Si2. The van der Waals surface area contributed by atoms with E-state index in [0.29, 0.717) is 13.0 Å². The first-order chi connectivity index (χ1) is 15.8. The summed E-state index contributed by atoms with van der Waals surface area (Å²) in [6.07, 6.45) is 1.34. The molecule has 6 heteroatoms. The lowest BCUT2D eigenvalue weighted by Crippen LogP contribution is -2.68. The average Bonchev–Trinajstić information content (AvgIpc) is 3.16. The number of hydrogen-bond donors (Lipinski definition) is 0. The summed E-state index contributed by atoms with van der Waals surface area (Å²) in [5, 5.41) is 2.25. The maximum Gasteiger partial charge on any atom is 0.261 e. The van der Waals surface area contributed by atoms with Crippen LogP contribution in [0.2, 0.25) is 23.2 Å². The van der Waals surface area contributed by atoms with Crippen LogP contribution in [0.4, 0.5) is 0 Å². The standard InChI is InChI=1S/C28H42O4Si2/c1-26(2,3)33(7,8)32-25-19-20-30-28(25,21-29)22-31-34(27(4,5)6,23-15-11-9-12-16-23)24-17-13-10-14-18-24/h9-18,21,25H,19-20,22H2,1-8H3. The fraction of sp³-hybridized carbons (Fsp3) is 0.536. The zero-order chi connectivity index (χ0) is 25.3. The smallest absolute Gasteiger partial charge is 0.261 e. The molecule has 2 unspecified atom stereocenters. The van der Waals surface area contributed by atoms with Crippen LogP contribution in [0.1, 0.15) is 48.0 Å². The van der Waals surface area contributed by atoms with Gasteiger partial charge in [0.15, 0.2) is 20.2 Å². The lowest BCUT2D eigenvalue weighted by atomic mass is 10.0. The molecule has 0 N–H and O–H groups in total. The van der Waals surface area contributed by atoms with Crippen LogP contribution in [0.3, 0.4) is 0 Å². The van der Waals surface area contributed by atoms with E-state index in [9.17, 15) is 4.79 Å². The van der Waals surface area contributed by atoms with E-state index >= 15 is 0 Å². The molecule has 1 saturated heterocycles. The van der Waals surface area contributed by atoms with Crippen molar-refractivity contribution in [2.24, 2.45) is 0 Å². The highest BCUT2D eigenvalue weighted by Crippen LogP contribution is 2.42. The third-order valence-corrected chi connectivity index (χ3v) is 17.1. The van der Waals surface area contributed by atoms with Crippen molar-refractivity contribution in [2.75, 3.05) is 13.2 Å². The van der Waals surface area contributed by atoms with Gasteiger partial charge in [0.2, 0.25) is 0 Å². The Morgan fingerprint density at radius 2 is 1.41 bits per heavy atom. The maximum absolute atomic E-state index is 12.7. The SMILES string of the molecule is CC(C)(C)[Si](C)(C)OC1CCOC1(C=O)CO[Si](c1ccccc1)(c1ccccc1)C(C)(C)C. The molecule has 2 aromatic rings. The summed E-state index contributed by atoms with van der Waals surface area (Å²) in [5.74, 6) is 0. The Bertz CT molecular complexity index is 908. The first-order valence-corrected chi connectivity index (χ1v) is 17.1. The molecule has 34 heavy (non-hydrogen) atoms. The number of ether oxygens (including phenoxy) is 1. The minimum absolute atomic E-state index is 0.0447. The second kappa shape index (κ2) is 9.82. The highest BCUT2D eigenvalue weighted by Gasteiger charge is 2.55. The van der Waals surface area contributed by atoms with Gasteiger partial charge in [-0.25, -0.2) is 0 Å². The summed E-state index contributed by atoms with van der Waals surface area (Å²) in [6.45, 7) is 18.5. The summed E-state index contributed by atoms with van der Waals surface area (Å²) >= 11 is 0. The Labute approximate surface area is 208 Å². The quantitative estimate of drug-likeness (QED) is 0.365. The van der Waals surface area contributed by atoms with E-state index in [4.69, 9.17) is 13.6 Å². The molecule has 4 nitrogen and oxygen atoms in total. The predicted octanol–water partition coefficient (Wildman–Crippen LogP) is 5.31. The number of benzene rings is 2. The van der Waals surface area contributed by atoms with Crippen LogP contribution < -0.4 is 10.4 Å². The van der Waals surface area contributed by atoms with E-state index in [1.54, 1.807) is 0 Å². The Kier molecular flexibility index (Phi) is 7.80. The molecule has 0 aromatic heterocycles. The fourth-order valence-corrected chi connectivity index (χ4v) is 10.6. The molecule has 2 aromatic carbocycles. The van der Waals surface area contributed by atoms with E-state index in [0.717, 1.165) is 6.29 Å². The predicted molar refractivity (Wildman–Crippen MR) is 145 cm³/mol. The second-order valence-electron chi connectivity index (χ2n) is 12.0. The zero-order valence-corrected chi connectivity index (χ0v) is 24.2. The van der Waals surface area contributed by atoms with Crippen molar-refractivity contribution in [1.29, 1.82) is 0 Å². The molecule has 0 saturated carbocycles. The summed E-state index contributed by atoms with van der Waals surface area (Å²) < 4.78 is 20.0. The Morgan fingerprint density at radius 3 is 1.82 bits per heavy atom. The summed E-state index contributed by atoms with van der Waals surface area (Å²) in [4.78, 5) is 12.7. The summed E-state index contributed by atoms with van der Waals surface area (Å²) in [7, 11) is -4.89. The maximum atomic E-state index is 12.7. The van der Waals surface area contributed by atoms with Crippen molar-refractivity contribution in [1.82, 2.24) is 0 Å². The molecule has 1 aliphatic rings. The molecule has 1 fully saturated rings. The molecular weight excluding hydrogens is 456 g/mol. The van der Waals surface area contributed by atoms with Crippen molar-refractivity contribution in [3.8, 4) is 0 Å². The minimum Gasteiger partial charge on any atom is -0.410 e. The molecule has 0 amide bonds. The molecule has 0 spiro atoms. The molecule has 0 aliphatic carbocycles. The number of aldehydes is 1. The monoisotopic (exact) mass is 498 g/mol. The zero-order valence-electron chi connectivity index (χ0n) is 22.2. The van der Waals surface area contributed by atoms with Crippen LogP contribution in [0.15, 0.2) is 60.7 Å². The van der Waals surface area contributed by atoms with E-state index in [2.05, 4.69) is 103 Å². The fourth-order valence-electron chi connectivity index (χ4n) is 4.65. The van der Waals surface area contributed by atoms with Gasteiger partial charge >= 0.3 is 0 Å². The third-order valence-electron chi connectivity index (χ3n) is 7.67. The van der Waals surface area contributed by atoms with Gasteiger partial charge in [-0.2, -0.15) is 0 Å². The van der Waals surface area contributed by atoms with Gasteiger partial charge in [0.1, 0.15) is 0 Å². The van der Waals surface area contributed by atoms with Crippen molar-refractivity contribution in [3.05, 3.63) is 60.7 Å². The van der Waals surface area contributed by atoms with Gasteiger partial charge < -0.3 is 13.6 Å². The lowest BCUT2D eigenvalue weighted by molar-refractivity contribution is -0.138. The van der Waals surface area contributed by atoms with Crippen molar-refractivity contribution >= 4 is 33.3 Å². The van der Waals surface area contributed by atoms with E-state index in [1.165, 1.54) is 10.4 Å². The van der Waals surface area contributed by atoms with Gasteiger partial charge in [-0.15, -0.1) is 0 Å². The molecule has 0 bridgehead atoms. The van der Waals surface area contributed by atoms with Crippen LogP contribution in [-0.2, 0) is 18.4 Å². The first kappa shape index (κ1) is 27.0. The average molecular weight is 499 g/mol. The molecule has 0 radical (unpaired) electrons. The van der Waals surface area contributed by atoms with Gasteiger partial charge in [0.25, 0.3) is 8.32 Å². The van der Waals surface area contributed by atoms with Crippen LogP contribution in [0, 0.1) is 0 Å². The number of carbonyl (C=O) groups excluding carboxylic acids is 1. The van der Waals surface area contributed by atoms with Gasteiger partial charge in [0.05, 0.1) is 19.3 Å². The molecule has 186 valence electrons. The number of carbonyl (C=O) groups is 1. The molecule has 3 rings (SSSR count). The molecule has 1 heterocycles. The molecule has 2 atom stereocenters. The van der Waals surface area contributed by atoms with Crippen molar-refractivity contribution < 1.29 is 18.4 Å². The minimum atomic E-state index is -2.79. The van der Waals surface area contributed by atoms with Gasteiger partial charge in [0, 0.05) is 0 Å². The van der Waals surface area contributed by atoms with Crippen LogP contribution in [0.25, 0.3) is 0 Å². The topological polar surface area (TPSA) is 44.8 Å². The van der Waals surface area contributed by atoms with E-state index in [-0.39, 0.29) is 22.8 Å². The first-order valence-electron chi connectivity index (χ1n) is 12.3. The van der Waals surface area contributed by atoms with E-state index in [1.807, 2.05) is 12.1 Å². The van der Waals surface area contributed by atoms with Crippen LogP contribution >= 0.6 is 0 Å². The Balaban J connectivity index is 2.04. The van der Waals surface area contributed by atoms with Crippen LogP contribution in [-0.4, -0.2) is 47.8 Å². The van der Waals surface area contributed by atoms with E-state index < -0.39 is 22.2 Å². The lowest BCUT2D eigenvalue weighted by Gasteiger charge is -2.46. The van der Waals surface area contributed by atoms with Gasteiger partial charge in [-0.1, -0.05) is 102 Å². The largest absolute Gasteiger partial charge is 0.410 e. The summed E-state index contributed by atoms with van der Waals surface area (Å²) in [5.41, 5.74) is -1.09. The van der Waals surface area contributed by atoms with Crippen LogP contribution in [0.5, 0.6) is 0 Å². The summed E-state index contributed by atoms with van der Waals surface area (Å²) in [6, 6.07) is 21.0. The Morgan fingerprint density at radius 1 is 0.912 bits per heavy atom. The normalized spacial score (nSPS) is 22.1. The number of rotatable bonds is 8. The van der Waals surface area contributed by atoms with Gasteiger partial charge in [-0.3, -0.25) is 4.79 Å². The van der Waals surface area contributed by atoms with Gasteiger partial charge in [-0.05, 0) is 40.0 Å². The Hall–Kier alpha value is -1.58. The second-order valence-corrected chi connectivity index (χ2v) is 21.1. The molecule has 1 aliphatic heterocycles. The highest BCUT2D eigenvalue weighted by atomic mass is 28.4.